The van der Waals surface area contributed by atoms with Crippen molar-refractivity contribution >= 4 is 52.5 Å². The summed E-state index contributed by atoms with van der Waals surface area (Å²) in [5, 5.41) is 28.3. The van der Waals surface area contributed by atoms with Gasteiger partial charge in [0.25, 0.3) is 0 Å². The van der Waals surface area contributed by atoms with Gasteiger partial charge in [-0.1, -0.05) is 24.3 Å². The van der Waals surface area contributed by atoms with E-state index in [9.17, 15) is 34.5 Å². The van der Waals surface area contributed by atoms with Crippen molar-refractivity contribution in [3.63, 3.8) is 0 Å². The van der Waals surface area contributed by atoms with Crippen LogP contribution < -0.4 is 0 Å². The molecule has 0 amide bonds. The van der Waals surface area contributed by atoms with Crippen LogP contribution in [0.15, 0.2) is 30.3 Å². The molecular formula is C23H27IO9. The summed E-state index contributed by atoms with van der Waals surface area (Å²) in [5.41, 5.74) is 0.934. The molecular weight excluding hydrogens is 547 g/mol. The summed E-state index contributed by atoms with van der Waals surface area (Å²) >= 11 is 2.19. The quantitative estimate of drug-likeness (QED) is 0.268. The van der Waals surface area contributed by atoms with E-state index in [0.717, 1.165) is 9.13 Å². The highest BCUT2D eigenvalue weighted by molar-refractivity contribution is 14.1. The Bertz CT molecular complexity index is 880. The predicted octanol–water partition coefficient (Wildman–Crippen LogP) is 3.30. The van der Waals surface area contributed by atoms with Crippen molar-refractivity contribution in [2.45, 2.75) is 44.8 Å². The summed E-state index contributed by atoms with van der Waals surface area (Å²) in [6.07, 6.45) is 1.21. The Morgan fingerprint density at radius 1 is 0.909 bits per heavy atom. The van der Waals surface area contributed by atoms with Crippen molar-refractivity contribution in [3.8, 4) is 0 Å². The molecule has 1 saturated heterocycles. The molecule has 10 heteroatoms. The number of ether oxygens (including phenoxy) is 2. The van der Waals surface area contributed by atoms with Crippen molar-refractivity contribution in [1.82, 2.24) is 0 Å². The molecule has 5 atom stereocenters. The highest BCUT2D eigenvalue weighted by atomic mass is 127. The molecule has 9 nitrogen and oxygen atoms in total. The summed E-state index contributed by atoms with van der Waals surface area (Å²) in [6.45, 7) is 0.971. The van der Waals surface area contributed by atoms with Crippen LogP contribution in [0.5, 0.6) is 0 Å². The maximum atomic E-state index is 11.6. The van der Waals surface area contributed by atoms with Crippen LogP contribution in [-0.4, -0.2) is 58.0 Å². The molecule has 1 aliphatic heterocycles. The van der Waals surface area contributed by atoms with Gasteiger partial charge < -0.3 is 24.8 Å². The summed E-state index contributed by atoms with van der Waals surface area (Å²) in [5.74, 6) is -6.36. The Labute approximate surface area is 204 Å². The molecule has 33 heavy (non-hydrogen) atoms. The van der Waals surface area contributed by atoms with Gasteiger partial charge in [0.2, 0.25) is 0 Å². The number of carboxylic acids is 3. The van der Waals surface area contributed by atoms with Crippen molar-refractivity contribution in [3.05, 3.63) is 39.5 Å². The summed E-state index contributed by atoms with van der Waals surface area (Å²) in [7, 11) is 0. The third kappa shape index (κ3) is 8.77. The molecule has 1 fully saturated rings. The Balaban J connectivity index is 2.35. The van der Waals surface area contributed by atoms with Crippen molar-refractivity contribution < 1.29 is 44.0 Å². The van der Waals surface area contributed by atoms with E-state index < -0.39 is 66.7 Å². The number of carbonyl (C=O) groups is 4. The number of benzene rings is 1. The highest BCUT2D eigenvalue weighted by Gasteiger charge is 2.47. The molecule has 1 aromatic carbocycles. The van der Waals surface area contributed by atoms with Gasteiger partial charge in [-0.2, -0.15) is 0 Å². The van der Waals surface area contributed by atoms with Crippen LogP contribution in [0.2, 0.25) is 0 Å². The second-order valence-electron chi connectivity index (χ2n) is 7.99. The fourth-order valence-corrected chi connectivity index (χ4v) is 4.63. The van der Waals surface area contributed by atoms with E-state index in [0.29, 0.717) is 0 Å². The SMILES string of the molecule is CC(=O)OC[C@@H]1O[C@H](C/C=C/c2ccc(I)cc2)[C@H](CC(=O)O)[C@@H](CC(=O)O)[C@H]1CC(=O)O. The van der Waals surface area contributed by atoms with Gasteiger partial charge >= 0.3 is 23.9 Å². The number of carbonyl (C=O) groups excluding carboxylic acids is 1. The Kier molecular flexibility index (Phi) is 10.3. The third-order valence-electron chi connectivity index (χ3n) is 5.64. The molecule has 0 radical (unpaired) electrons. The van der Waals surface area contributed by atoms with Gasteiger partial charge in [-0.15, -0.1) is 0 Å². The van der Waals surface area contributed by atoms with Gasteiger partial charge in [0, 0.05) is 22.8 Å². The molecule has 1 aromatic rings. The van der Waals surface area contributed by atoms with E-state index in [2.05, 4.69) is 22.6 Å². The van der Waals surface area contributed by atoms with Gasteiger partial charge in [-0.3, -0.25) is 19.2 Å². The molecule has 0 unspecified atom stereocenters. The Hall–Kier alpha value is -2.47. The number of rotatable bonds is 11. The van der Waals surface area contributed by atoms with Crippen LogP contribution in [0.4, 0.5) is 0 Å². The van der Waals surface area contributed by atoms with E-state index in [1.54, 1.807) is 0 Å². The summed E-state index contributed by atoms with van der Waals surface area (Å²) in [4.78, 5) is 46.0. The van der Waals surface area contributed by atoms with Crippen molar-refractivity contribution in [1.29, 1.82) is 0 Å². The van der Waals surface area contributed by atoms with E-state index in [-0.39, 0.29) is 19.4 Å². The minimum atomic E-state index is -1.17. The number of esters is 1. The first-order chi connectivity index (χ1) is 15.6. The molecule has 1 aliphatic rings. The fraction of sp³-hybridized carbons (Fsp3) is 0.478. The molecule has 0 spiro atoms. The van der Waals surface area contributed by atoms with E-state index >= 15 is 0 Å². The maximum Gasteiger partial charge on any atom is 0.303 e. The smallest absolute Gasteiger partial charge is 0.303 e. The summed E-state index contributed by atoms with van der Waals surface area (Å²) < 4.78 is 12.2. The zero-order chi connectivity index (χ0) is 24.5. The van der Waals surface area contributed by atoms with Crippen LogP contribution in [0, 0.1) is 21.3 Å². The lowest BCUT2D eigenvalue weighted by Crippen LogP contribution is -2.51. The molecule has 0 aliphatic carbocycles. The molecule has 0 saturated carbocycles. The van der Waals surface area contributed by atoms with Crippen LogP contribution in [-0.2, 0) is 28.7 Å². The second kappa shape index (κ2) is 12.7. The molecule has 2 rings (SSSR count). The van der Waals surface area contributed by atoms with E-state index in [1.807, 2.05) is 36.4 Å². The zero-order valence-electron chi connectivity index (χ0n) is 18.1. The first-order valence-electron chi connectivity index (χ1n) is 10.4. The van der Waals surface area contributed by atoms with Gasteiger partial charge in [0.05, 0.1) is 25.0 Å². The number of hydrogen-bond acceptors (Lipinski definition) is 6. The normalized spacial score (nSPS) is 25.0. The minimum absolute atomic E-state index is 0.236. The van der Waals surface area contributed by atoms with Crippen molar-refractivity contribution in [2.75, 3.05) is 6.61 Å². The molecule has 0 bridgehead atoms. The predicted molar refractivity (Wildman–Crippen MR) is 125 cm³/mol. The number of carboxylic acid groups (broad SMARTS) is 3. The first kappa shape index (κ1) is 26.8. The molecule has 3 N–H and O–H groups in total. The fourth-order valence-electron chi connectivity index (χ4n) is 4.27. The van der Waals surface area contributed by atoms with Gasteiger partial charge in [-0.25, -0.2) is 0 Å². The Morgan fingerprint density at radius 3 is 1.94 bits per heavy atom. The molecule has 1 heterocycles. The highest BCUT2D eigenvalue weighted by Crippen LogP contribution is 2.42. The lowest BCUT2D eigenvalue weighted by atomic mass is 9.69. The van der Waals surface area contributed by atoms with Crippen LogP contribution >= 0.6 is 22.6 Å². The van der Waals surface area contributed by atoms with E-state index in [4.69, 9.17) is 9.47 Å². The van der Waals surface area contributed by atoms with Crippen LogP contribution in [0.1, 0.15) is 38.2 Å². The second-order valence-corrected chi connectivity index (χ2v) is 9.24. The monoisotopic (exact) mass is 574 g/mol. The topological polar surface area (TPSA) is 147 Å². The number of halogens is 1. The lowest BCUT2D eigenvalue weighted by Gasteiger charge is -2.46. The zero-order valence-corrected chi connectivity index (χ0v) is 20.2. The average molecular weight is 574 g/mol. The summed E-state index contributed by atoms with van der Waals surface area (Å²) in [6, 6.07) is 7.74. The van der Waals surface area contributed by atoms with Crippen LogP contribution in [0.3, 0.4) is 0 Å². The van der Waals surface area contributed by atoms with Gasteiger partial charge in [0.1, 0.15) is 6.61 Å². The van der Waals surface area contributed by atoms with E-state index in [1.165, 1.54) is 6.92 Å². The minimum Gasteiger partial charge on any atom is -0.481 e. The average Bonchev–Trinajstić information content (AvgIpc) is 2.71. The largest absolute Gasteiger partial charge is 0.481 e. The molecule has 180 valence electrons. The Morgan fingerprint density at radius 2 is 1.42 bits per heavy atom. The number of hydrogen-bond donors (Lipinski definition) is 3. The van der Waals surface area contributed by atoms with Crippen molar-refractivity contribution in [2.24, 2.45) is 17.8 Å². The maximum absolute atomic E-state index is 11.6. The lowest BCUT2D eigenvalue weighted by molar-refractivity contribution is -0.186. The van der Waals surface area contributed by atoms with Gasteiger partial charge in [0.15, 0.2) is 0 Å². The number of aliphatic carboxylic acids is 3. The van der Waals surface area contributed by atoms with Crippen LogP contribution in [0.25, 0.3) is 6.08 Å². The standard InChI is InChI=1S/C23H27IO9/c1-13(25)32-12-20-18(11-23(30)31)16(9-21(26)27)17(10-22(28)29)19(33-20)4-2-3-14-5-7-15(24)8-6-14/h2-3,5-8,16-20H,4,9-12H2,1H3,(H,26,27)(H,28,29)(H,30,31)/b3-2+/t16-,17-,18-,19-,20+/m1/s1. The first-order valence-corrected chi connectivity index (χ1v) is 11.5. The van der Waals surface area contributed by atoms with Gasteiger partial charge in [-0.05, 0) is 58.5 Å². The third-order valence-corrected chi connectivity index (χ3v) is 6.35. The molecule has 0 aromatic heterocycles.